The van der Waals surface area contributed by atoms with Crippen molar-refractivity contribution in [3.05, 3.63) is 63.6 Å². The second-order valence-electron chi connectivity index (χ2n) is 4.86. The summed E-state index contributed by atoms with van der Waals surface area (Å²) in [4.78, 5) is 11.7. The van der Waals surface area contributed by atoms with Gasteiger partial charge in [-0.1, -0.05) is 40.2 Å². The van der Waals surface area contributed by atoms with Crippen molar-refractivity contribution in [2.75, 3.05) is 12.4 Å². The molecular weight excluding hydrogens is 330 g/mol. The van der Waals surface area contributed by atoms with Crippen LogP contribution in [0.1, 0.15) is 34.5 Å². The Morgan fingerprint density at radius 2 is 1.90 bits per heavy atom. The van der Waals surface area contributed by atoms with Gasteiger partial charge in [-0.25, -0.2) is 4.79 Å². The van der Waals surface area contributed by atoms with E-state index in [-0.39, 0.29) is 12.0 Å². The molecule has 0 aliphatic heterocycles. The predicted octanol–water partition coefficient (Wildman–Crippen LogP) is 4.72. The zero-order valence-electron chi connectivity index (χ0n) is 12.3. The average Bonchev–Trinajstić information content (AvgIpc) is 2.49. The topological polar surface area (TPSA) is 38.3 Å². The van der Waals surface area contributed by atoms with Gasteiger partial charge in [0.15, 0.2) is 0 Å². The number of carbonyl (C=O) groups is 1. The first-order valence-corrected chi connectivity index (χ1v) is 7.52. The van der Waals surface area contributed by atoms with Crippen LogP contribution in [-0.2, 0) is 4.74 Å². The van der Waals surface area contributed by atoms with E-state index < -0.39 is 0 Å². The Bertz CT molecular complexity index is 655. The molecule has 0 bridgehead atoms. The summed E-state index contributed by atoms with van der Waals surface area (Å²) in [6.07, 6.45) is 0. The molecule has 2 aromatic carbocycles. The van der Waals surface area contributed by atoms with Crippen LogP contribution in [0.4, 0.5) is 5.69 Å². The van der Waals surface area contributed by atoms with E-state index in [4.69, 9.17) is 4.74 Å². The molecule has 0 aliphatic rings. The summed E-state index contributed by atoms with van der Waals surface area (Å²) in [6, 6.07) is 13.8. The van der Waals surface area contributed by atoms with Gasteiger partial charge in [0, 0.05) is 16.2 Å². The third-order valence-corrected chi connectivity index (χ3v) is 4.21. The minimum Gasteiger partial charge on any atom is -0.465 e. The first-order chi connectivity index (χ1) is 10.0. The third-order valence-electron chi connectivity index (χ3n) is 3.48. The van der Waals surface area contributed by atoms with E-state index in [1.807, 2.05) is 37.3 Å². The smallest absolute Gasteiger partial charge is 0.338 e. The molecule has 0 radical (unpaired) electrons. The Hall–Kier alpha value is -1.81. The fraction of sp³-hybridized carbons (Fsp3) is 0.235. The lowest BCUT2D eigenvalue weighted by Gasteiger charge is -2.19. The van der Waals surface area contributed by atoms with Crippen LogP contribution in [0.25, 0.3) is 0 Å². The largest absolute Gasteiger partial charge is 0.465 e. The maximum Gasteiger partial charge on any atom is 0.338 e. The number of methoxy groups -OCH3 is 1. The van der Waals surface area contributed by atoms with Gasteiger partial charge in [-0.05, 0) is 43.2 Å². The predicted molar refractivity (Wildman–Crippen MR) is 88.7 cm³/mol. The molecule has 0 saturated heterocycles. The lowest BCUT2D eigenvalue weighted by molar-refractivity contribution is 0.0600. The molecule has 1 atom stereocenters. The molecule has 0 aliphatic carbocycles. The van der Waals surface area contributed by atoms with Crippen LogP contribution in [0.2, 0.25) is 0 Å². The van der Waals surface area contributed by atoms with E-state index >= 15 is 0 Å². The van der Waals surface area contributed by atoms with E-state index in [2.05, 4.69) is 34.2 Å². The third kappa shape index (κ3) is 3.45. The summed E-state index contributed by atoms with van der Waals surface area (Å²) in [5.74, 6) is -0.315. The van der Waals surface area contributed by atoms with E-state index in [0.29, 0.717) is 5.56 Å². The van der Waals surface area contributed by atoms with Crippen molar-refractivity contribution in [3.8, 4) is 0 Å². The van der Waals surface area contributed by atoms with E-state index in [1.165, 1.54) is 12.7 Å². The molecule has 21 heavy (non-hydrogen) atoms. The molecule has 0 fully saturated rings. The number of hydrogen-bond donors (Lipinski definition) is 1. The maximum atomic E-state index is 11.7. The minimum atomic E-state index is -0.315. The van der Waals surface area contributed by atoms with Gasteiger partial charge in [0.1, 0.15) is 0 Å². The summed E-state index contributed by atoms with van der Waals surface area (Å²) < 4.78 is 5.87. The van der Waals surface area contributed by atoms with Gasteiger partial charge >= 0.3 is 5.97 Å². The van der Waals surface area contributed by atoms with Crippen LogP contribution in [0, 0.1) is 6.92 Å². The van der Waals surface area contributed by atoms with Crippen LogP contribution in [-0.4, -0.2) is 13.1 Å². The average molecular weight is 348 g/mol. The fourth-order valence-corrected chi connectivity index (χ4v) is 2.89. The highest BCUT2D eigenvalue weighted by Gasteiger charge is 2.14. The van der Waals surface area contributed by atoms with E-state index in [1.54, 1.807) is 6.07 Å². The van der Waals surface area contributed by atoms with Crippen LogP contribution in [0.3, 0.4) is 0 Å². The Morgan fingerprint density at radius 1 is 1.19 bits per heavy atom. The van der Waals surface area contributed by atoms with Gasteiger partial charge in [0.05, 0.1) is 12.7 Å². The number of esters is 1. The quantitative estimate of drug-likeness (QED) is 0.813. The maximum absolute atomic E-state index is 11.7. The molecule has 0 spiro atoms. The van der Waals surface area contributed by atoms with Gasteiger partial charge in [-0.3, -0.25) is 0 Å². The SMILES string of the molecule is COC(=O)c1cccc(NC(C)c2ccccc2Br)c1C. The van der Waals surface area contributed by atoms with Crippen molar-refractivity contribution in [2.45, 2.75) is 19.9 Å². The number of halogens is 1. The number of nitrogens with one attached hydrogen (secondary N) is 1. The van der Waals surface area contributed by atoms with Crippen molar-refractivity contribution >= 4 is 27.6 Å². The number of hydrogen-bond acceptors (Lipinski definition) is 3. The van der Waals surface area contributed by atoms with Crippen LogP contribution in [0.5, 0.6) is 0 Å². The molecule has 4 heteroatoms. The van der Waals surface area contributed by atoms with Crippen molar-refractivity contribution in [1.29, 1.82) is 0 Å². The van der Waals surface area contributed by atoms with E-state index in [0.717, 1.165) is 15.7 Å². The van der Waals surface area contributed by atoms with Crippen molar-refractivity contribution < 1.29 is 9.53 Å². The van der Waals surface area contributed by atoms with Crippen LogP contribution >= 0.6 is 15.9 Å². The highest BCUT2D eigenvalue weighted by atomic mass is 79.9. The van der Waals surface area contributed by atoms with Gasteiger partial charge in [0.2, 0.25) is 0 Å². The molecular formula is C17H18BrNO2. The standard InChI is InChI=1S/C17H18BrNO2/c1-11-13(17(20)21-3)8-6-10-16(11)19-12(2)14-7-4-5-9-15(14)18/h4-10,12,19H,1-3H3. The number of benzene rings is 2. The first kappa shape index (κ1) is 15.6. The molecule has 2 rings (SSSR count). The molecule has 0 amide bonds. The normalized spacial score (nSPS) is 11.8. The van der Waals surface area contributed by atoms with Crippen molar-refractivity contribution in [3.63, 3.8) is 0 Å². The van der Waals surface area contributed by atoms with Crippen molar-refractivity contribution in [2.24, 2.45) is 0 Å². The molecule has 110 valence electrons. The minimum absolute atomic E-state index is 0.118. The zero-order valence-corrected chi connectivity index (χ0v) is 13.9. The van der Waals surface area contributed by atoms with Gasteiger partial charge < -0.3 is 10.1 Å². The number of carbonyl (C=O) groups excluding carboxylic acids is 1. The highest BCUT2D eigenvalue weighted by Crippen LogP contribution is 2.28. The fourth-order valence-electron chi connectivity index (χ4n) is 2.26. The van der Waals surface area contributed by atoms with Crippen molar-refractivity contribution in [1.82, 2.24) is 0 Å². The van der Waals surface area contributed by atoms with Gasteiger partial charge in [-0.2, -0.15) is 0 Å². The first-order valence-electron chi connectivity index (χ1n) is 6.73. The van der Waals surface area contributed by atoms with Gasteiger partial charge in [-0.15, -0.1) is 0 Å². The molecule has 2 aromatic rings. The Kier molecular flexibility index (Phi) is 5.02. The Morgan fingerprint density at radius 3 is 2.57 bits per heavy atom. The summed E-state index contributed by atoms with van der Waals surface area (Å²) in [6.45, 7) is 4.01. The Labute approximate surface area is 133 Å². The zero-order chi connectivity index (χ0) is 15.4. The molecule has 0 aromatic heterocycles. The number of anilines is 1. The monoisotopic (exact) mass is 347 g/mol. The summed E-state index contributed by atoms with van der Waals surface area (Å²) >= 11 is 3.56. The second-order valence-corrected chi connectivity index (χ2v) is 5.71. The molecule has 1 unspecified atom stereocenters. The molecule has 0 saturated carbocycles. The Balaban J connectivity index is 2.28. The summed E-state index contributed by atoms with van der Waals surface area (Å²) in [7, 11) is 1.39. The lowest BCUT2D eigenvalue weighted by atomic mass is 10.0. The molecule has 0 heterocycles. The van der Waals surface area contributed by atoms with Gasteiger partial charge in [0.25, 0.3) is 0 Å². The molecule has 3 nitrogen and oxygen atoms in total. The summed E-state index contributed by atoms with van der Waals surface area (Å²) in [5.41, 5.74) is 3.58. The van der Waals surface area contributed by atoms with E-state index in [9.17, 15) is 4.79 Å². The van der Waals surface area contributed by atoms with Crippen LogP contribution < -0.4 is 5.32 Å². The highest BCUT2D eigenvalue weighted by molar-refractivity contribution is 9.10. The van der Waals surface area contributed by atoms with Crippen LogP contribution in [0.15, 0.2) is 46.9 Å². The summed E-state index contributed by atoms with van der Waals surface area (Å²) in [5, 5.41) is 3.45. The lowest BCUT2D eigenvalue weighted by Crippen LogP contribution is -2.11. The second kappa shape index (κ2) is 6.76. The number of rotatable bonds is 4. The number of ether oxygens (including phenoxy) is 1. The molecule has 1 N–H and O–H groups in total.